The van der Waals surface area contributed by atoms with Crippen LogP contribution >= 0.6 is 0 Å². The van der Waals surface area contributed by atoms with Crippen molar-refractivity contribution in [1.29, 1.82) is 0 Å². The van der Waals surface area contributed by atoms with E-state index >= 15 is 0 Å². The van der Waals surface area contributed by atoms with Crippen LogP contribution in [-0.4, -0.2) is 7.11 Å². The monoisotopic (exact) mass is 240 g/mol. The average Bonchev–Trinajstić information content (AvgIpc) is 2.46. The van der Waals surface area contributed by atoms with Crippen LogP contribution in [0.2, 0.25) is 0 Å². The highest BCUT2D eigenvalue weighted by Crippen LogP contribution is 2.34. The molecule has 0 heterocycles. The Morgan fingerprint density at radius 3 is 2.28 bits per heavy atom. The summed E-state index contributed by atoms with van der Waals surface area (Å²) < 4.78 is 5.49. The molecule has 0 bridgehead atoms. The fourth-order valence-corrected chi connectivity index (χ4v) is 2.43. The molecule has 0 saturated carbocycles. The summed E-state index contributed by atoms with van der Waals surface area (Å²) in [6.45, 7) is 2.23. The summed E-state index contributed by atoms with van der Waals surface area (Å²) in [6, 6.07) is 19.0. The minimum atomic E-state index is 0.423. The van der Waals surface area contributed by atoms with E-state index in [1.165, 1.54) is 11.1 Å². The molecule has 0 aliphatic rings. The summed E-state index contributed by atoms with van der Waals surface area (Å²) in [7, 11) is 1.74. The average molecular weight is 240 g/mol. The molecule has 0 aromatic heterocycles. The predicted molar refractivity (Wildman–Crippen MR) is 76.2 cm³/mol. The summed E-state index contributed by atoms with van der Waals surface area (Å²) in [6.07, 6.45) is 2.31. The highest BCUT2D eigenvalue weighted by Gasteiger charge is 2.16. The van der Waals surface area contributed by atoms with E-state index in [0.717, 1.165) is 18.6 Å². The van der Waals surface area contributed by atoms with Gasteiger partial charge in [0.2, 0.25) is 0 Å². The van der Waals surface area contributed by atoms with Gasteiger partial charge in [-0.05, 0) is 18.1 Å². The number of methoxy groups -OCH3 is 1. The molecule has 0 fully saturated rings. The Hall–Kier alpha value is -1.76. The van der Waals surface area contributed by atoms with Crippen LogP contribution in [0.25, 0.3) is 0 Å². The molecular weight excluding hydrogens is 220 g/mol. The first-order chi connectivity index (χ1) is 8.86. The van der Waals surface area contributed by atoms with Gasteiger partial charge in [0.1, 0.15) is 5.75 Å². The number of hydrogen-bond acceptors (Lipinski definition) is 1. The zero-order chi connectivity index (χ0) is 12.8. The van der Waals surface area contributed by atoms with E-state index in [1.54, 1.807) is 7.11 Å². The Labute approximate surface area is 109 Å². The zero-order valence-corrected chi connectivity index (χ0v) is 11.1. The van der Waals surface area contributed by atoms with E-state index in [2.05, 4.69) is 49.4 Å². The Bertz CT molecular complexity index is 476. The molecule has 0 saturated heterocycles. The number of para-hydroxylation sites is 1. The van der Waals surface area contributed by atoms with E-state index in [0.29, 0.717) is 5.92 Å². The maximum absolute atomic E-state index is 5.49. The smallest absolute Gasteiger partial charge is 0.122 e. The third kappa shape index (κ3) is 2.73. The van der Waals surface area contributed by atoms with Crippen LogP contribution in [0.3, 0.4) is 0 Å². The summed E-state index contributed by atoms with van der Waals surface area (Å²) in [4.78, 5) is 0. The van der Waals surface area contributed by atoms with Crippen molar-refractivity contribution in [3.05, 3.63) is 65.7 Å². The minimum Gasteiger partial charge on any atom is -0.496 e. The Kier molecular flexibility index (Phi) is 4.40. The summed E-state index contributed by atoms with van der Waals surface area (Å²) >= 11 is 0. The molecule has 0 amide bonds. The zero-order valence-electron chi connectivity index (χ0n) is 11.1. The van der Waals surface area contributed by atoms with Gasteiger partial charge in [-0.2, -0.15) is 0 Å². The predicted octanol–water partition coefficient (Wildman–Crippen LogP) is 4.63. The maximum Gasteiger partial charge on any atom is 0.122 e. The van der Waals surface area contributed by atoms with Gasteiger partial charge >= 0.3 is 0 Å². The standard InChI is InChI=1S/C17H20O/c1-3-9-15(14-10-5-4-6-11-14)16-12-7-8-13-17(16)18-2/h4-8,10-13,15H,3,9H2,1-2H3. The molecule has 0 N–H and O–H groups in total. The summed E-state index contributed by atoms with van der Waals surface area (Å²) in [5.41, 5.74) is 2.65. The van der Waals surface area contributed by atoms with E-state index in [4.69, 9.17) is 4.74 Å². The van der Waals surface area contributed by atoms with E-state index in [-0.39, 0.29) is 0 Å². The second-order valence-electron chi connectivity index (χ2n) is 4.49. The molecule has 1 nitrogen and oxygen atoms in total. The molecule has 94 valence electrons. The van der Waals surface area contributed by atoms with Crippen molar-refractivity contribution < 1.29 is 4.74 Å². The fourth-order valence-electron chi connectivity index (χ4n) is 2.43. The Morgan fingerprint density at radius 2 is 1.61 bits per heavy atom. The van der Waals surface area contributed by atoms with E-state index < -0.39 is 0 Å². The largest absolute Gasteiger partial charge is 0.496 e. The number of hydrogen-bond donors (Lipinski definition) is 0. The molecule has 1 atom stereocenters. The number of rotatable bonds is 5. The third-order valence-corrected chi connectivity index (χ3v) is 3.29. The number of ether oxygens (including phenoxy) is 1. The SMILES string of the molecule is CCCC(c1ccccc1)c1ccccc1OC. The van der Waals surface area contributed by atoms with Gasteiger partial charge in [-0.3, -0.25) is 0 Å². The molecule has 2 aromatic rings. The quantitative estimate of drug-likeness (QED) is 0.740. The van der Waals surface area contributed by atoms with Crippen molar-refractivity contribution in [3.63, 3.8) is 0 Å². The van der Waals surface area contributed by atoms with Gasteiger partial charge < -0.3 is 4.74 Å². The number of benzene rings is 2. The molecule has 0 spiro atoms. The summed E-state index contributed by atoms with van der Waals surface area (Å²) in [5.74, 6) is 1.41. The van der Waals surface area contributed by atoms with Gasteiger partial charge in [0.05, 0.1) is 7.11 Å². The highest BCUT2D eigenvalue weighted by atomic mass is 16.5. The Morgan fingerprint density at radius 1 is 0.944 bits per heavy atom. The van der Waals surface area contributed by atoms with Crippen LogP contribution in [0.4, 0.5) is 0 Å². The van der Waals surface area contributed by atoms with Gasteiger partial charge in [-0.1, -0.05) is 61.9 Å². The van der Waals surface area contributed by atoms with Crippen molar-refractivity contribution >= 4 is 0 Å². The van der Waals surface area contributed by atoms with Crippen molar-refractivity contribution in [2.45, 2.75) is 25.7 Å². The second kappa shape index (κ2) is 6.25. The molecule has 2 aromatic carbocycles. The van der Waals surface area contributed by atoms with Gasteiger partial charge in [0, 0.05) is 11.5 Å². The lowest BCUT2D eigenvalue weighted by Gasteiger charge is -2.19. The molecule has 0 radical (unpaired) electrons. The van der Waals surface area contributed by atoms with Gasteiger partial charge in [-0.25, -0.2) is 0 Å². The van der Waals surface area contributed by atoms with Crippen molar-refractivity contribution in [2.75, 3.05) is 7.11 Å². The van der Waals surface area contributed by atoms with E-state index in [1.807, 2.05) is 12.1 Å². The molecular formula is C17H20O. The van der Waals surface area contributed by atoms with Crippen LogP contribution in [0, 0.1) is 0 Å². The van der Waals surface area contributed by atoms with Crippen LogP contribution in [0.1, 0.15) is 36.8 Å². The molecule has 1 heteroatoms. The van der Waals surface area contributed by atoms with Crippen molar-refractivity contribution in [3.8, 4) is 5.75 Å². The van der Waals surface area contributed by atoms with Crippen LogP contribution in [-0.2, 0) is 0 Å². The van der Waals surface area contributed by atoms with Crippen LogP contribution in [0.15, 0.2) is 54.6 Å². The third-order valence-electron chi connectivity index (χ3n) is 3.29. The van der Waals surface area contributed by atoms with Gasteiger partial charge in [-0.15, -0.1) is 0 Å². The van der Waals surface area contributed by atoms with Crippen LogP contribution in [0.5, 0.6) is 5.75 Å². The topological polar surface area (TPSA) is 9.23 Å². The first-order valence-corrected chi connectivity index (χ1v) is 6.54. The van der Waals surface area contributed by atoms with Crippen LogP contribution < -0.4 is 4.74 Å². The lowest BCUT2D eigenvalue weighted by molar-refractivity contribution is 0.406. The fraction of sp³-hybridized carbons (Fsp3) is 0.294. The van der Waals surface area contributed by atoms with Crippen molar-refractivity contribution in [2.24, 2.45) is 0 Å². The summed E-state index contributed by atoms with van der Waals surface area (Å²) in [5, 5.41) is 0. The normalized spacial score (nSPS) is 12.1. The molecule has 0 aliphatic carbocycles. The molecule has 1 unspecified atom stereocenters. The Balaban J connectivity index is 2.41. The molecule has 0 aliphatic heterocycles. The van der Waals surface area contributed by atoms with Gasteiger partial charge in [0.15, 0.2) is 0 Å². The first kappa shape index (κ1) is 12.7. The lowest BCUT2D eigenvalue weighted by Crippen LogP contribution is -2.03. The van der Waals surface area contributed by atoms with E-state index in [9.17, 15) is 0 Å². The van der Waals surface area contributed by atoms with Gasteiger partial charge in [0.25, 0.3) is 0 Å². The highest BCUT2D eigenvalue weighted by molar-refractivity contribution is 5.41. The lowest BCUT2D eigenvalue weighted by atomic mass is 9.87. The maximum atomic E-state index is 5.49. The first-order valence-electron chi connectivity index (χ1n) is 6.54. The van der Waals surface area contributed by atoms with Crippen molar-refractivity contribution in [1.82, 2.24) is 0 Å². The second-order valence-corrected chi connectivity index (χ2v) is 4.49. The molecule has 2 rings (SSSR count). The molecule has 18 heavy (non-hydrogen) atoms. The minimum absolute atomic E-state index is 0.423.